The van der Waals surface area contributed by atoms with E-state index in [0.717, 1.165) is 10.0 Å². The second-order valence-corrected chi connectivity index (χ2v) is 7.61. The molecule has 0 atom stereocenters. The largest absolute Gasteiger partial charge is 0.324 e. The molecule has 0 saturated heterocycles. The van der Waals surface area contributed by atoms with E-state index in [4.69, 9.17) is 0 Å². The molecule has 0 unspecified atom stereocenters. The van der Waals surface area contributed by atoms with Crippen LogP contribution in [-0.2, 0) is 9.59 Å². The molecule has 0 fully saturated rings. The van der Waals surface area contributed by atoms with Gasteiger partial charge >= 0.3 is 0 Å². The fourth-order valence-corrected chi connectivity index (χ4v) is 2.50. The Labute approximate surface area is 133 Å². The lowest BCUT2D eigenvalue weighted by atomic mass is 9.78. The van der Waals surface area contributed by atoms with Crippen LogP contribution in [0.5, 0.6) is 0 Å². The van der Waals surface area contributed by atoms with E-state index in [2.05, 4.69) is 26.2 Å². The number of nitrogens with one attached hydrogen (secondary N) is 1. The highest BCUT2D eigenvalue weighted by Crippen LogP contribution is 2.38. The fraction of sp³-hybridized carbons (Fsp3) is 0.438. The fourth-order valence-electron chi connectivity index (χ4n) is 2.03. The van der Waals surface area contributed by atoms with Crippen LogP contribution < -0.4 is 5.32 Å². The first-order valence-electron chi connectivity index (χ1n) is 6.79. The Bertz CT molecular complexity index is 655. The molecular weight excluding hydrogens is 332 g/mol. The van der Waals surface area contributed by atoms with Crippen LogP contribution in [0.25, 0.3) is 0 Å². The van der Waals surface area contributed by atoms with Gasteiger partial charge in [0.15, 0.2) is 0 Å². The number of rotatable bonds is 0. The van der Waals surface area contributed by atoms with Crippen molar-refractivity contribution < 1.29 is 9.59 Å². The van der Waals surface area contributed by atoms with Crippen LogP contribution >= 0.6 is 15.9 Å². The Morgan fingerprint density at radius 3 is 2.48 bits per heavy atom. The molecule has 0 bridgehead atoms. The van der Waals surface area contributed by atoms with Crippen molar-refractivity contribution in [3.63, 3.8) is 0 Å². The van der Waals surface area contributed by atoms with E-state index in [9.17, 15) is 9.59 Å². The minimum absolute atomic E-state index is 0.164. The Hall–Kier alpha value is -1.49. The van der Waals surface area contributed by atoms with Gasteiger partial charge in [0, 0.05) is 15.5 Å². The lowest BCUT2D eigenvalue weighted by Crippen LogP contribution is -2.44. The zero-order chi connectivity index (χ0) is 16.0. The summed E-state index contributed by atoms with van der Waals surface area (Å²) in [6, 6.07) is 5.59. The van der Waals surface area contributed by atoms with E-state index < -0.39 is 10.8 Å². The standard InChI is InChI=1S/C16H19BrN2O2/c1-15(2,3)13(20)19-12-9-7-6-8-10(17)11(9)18-14(21)16(12,4)5/h6-8H,1-5H3,(H,18,21). The number of aliphatic imine (C=N–C) groups is 1. The lowest BCUT2D eigenvalue weighted by Gasteiger charge is -2.33. The molecule has 4 nitrogen and oxygen atoms in total. The van der Waals surface area contributed by atoms with Crippen molar-refractivity contribution in [3.05, 3.63) is 28.2 Å². The summed E-state index contributed by atoms with van der Waals surface area (Å²) < 4.78 is 0.778. The number of carbonyl (C=O) groups excluding carboxylic acids is 2. The maximum Gasteiger partial charge on any atom is 0.251 e. The monoisotopic (exact) mass is 350 g/mol. The highest BCUT2D eigenvalue weighted by molar-refractivity contribution is 9.10. The molecule has 1 heterocycles. The van der Waals surface area contributed by atoms with Crippen LogP contribution in [0, 0.1) is 10.8 Å². The molecule has 112 valence electrons. The smallest absolute Gasteiger partial charge is 0.251 e. The summed E-state index contributed by atoms with van der Waals surface area (Å²) in [5.41, 5.74) is 0.536. The summed E-state index contributed by atoms with van der Waals surface area (Å²) in [7, 11) is 0. The number of para-hydroxylation sites is 1. The van der Waals surface area contributed by atoms with E-state index in [1.807, 2.05) is 39.0 Å². The number of hydrogen-bond acceptors (Lipinski definition) is 2. The number of halogens is 1. The van der Waals surface area contributed by atoms with Crippen LogP contribution in [0.2, 0.25) is 0 Å². The van der Waals surface area contributed by atoms with Gasteiger partial charge in [-0.05, 0) is 35.8 Å². The molecule has 0 saturated carbocycles. The van der Waals surface area contributed by atoms with Gasteiger partial charge < -0.3 is 5.32 Å². The third-order valence-corrected chi connectivity index (χ3v) is 4.18. The number of nitrogens with zero attached hydrogens (tertiary/aromatic N) is 1. The Kier molecular flexibility index (Phi) is 3.82. The second-order valence-electron chi connectivity index (χ2n) is 6.76. The van der Waals surface area contributed by atoms with Crippen LogP contribution in [0.4, 0.5) is 5.69 Å². The number of fused-ring (bicyclic) bond motifs is 1. The maximum absolute atomic E-state index is 12.3. The first kappa shape index (κ1) is 15.9. The number of amides is 2. The second kappa shape index (κ2) is 5.05. The molecule has 0 aliphatic carbocycles. The average molecular weight is 351 g/mol. The third-order valence-electron chi connectivity index (χ3n) is 3.52. The van der Waals surface area contributed by atoms with E-state index in [-0.39, 0.29) is 11.8 Å². The van der Waals surface area contributed by atoms with Crippen LogP contribution in [0.15, 0.2) is 27.7 Å². The highest BCUT2D eigenvalue weighted by atomic mass is 79.9. The van der Waals surface area contributed by atoms with E-state index >= 15 is 0 Å². The first-order valence-corrected chi connectivity index (χ1v) is 7.58. The molecule has 1 aromatic rings. The molecule has 2 rings (SSSR count). The zero-order valence-electron chi connectivity index (χ0n) is 12.9. The van der Waals surface area contributed by atoms with Crippen molar-refractivity contribution in [2.75, 3.05) is 5.32 Å². The highest BCUT2D eigenvalue weighted by Gasteiger charge is 2.41. The molecule has 1 N–H and O–H groups in total. The van der Waals surface area contributed by atoms with Crippen molar-refractivity contribution in [2.45, 2.75) is 34.6 Å². The van der Waals surface area contributed by atoms with Crippen LogP contribution in [-0.4, -0.2) is 17.5 Å². The Morgan fingerprint density at radius 1 is 1.29 bits per heavy atom. The summed E-state index contributed by atoms with van der Waals surface area (Å²) >= 11 is 3.43. The molecule has 1 aliphatic heterocycles. The molecular formula is C16H19BrN2O2. The minimum atomic E-state index is -0.852. The van der Waals surface area contributed by atoms with Gasteiger partial charge in [0.05, 0.1) is 16.8 Å². The van der Waals surface area contributed by atoms with E-state index in [1.165, 1.54) is 0 Å². The van der Waals surface area contributed by atoms with Crippen LogP contribution in [0.3, 0.4) is 0 Å². The van der Waals surface area contributed by atoms with Gasteiger partial charge in [-0.1, -0.05) is 32.9 Å². The number of carbonyl (C=O) groups is 2. The normalized spacial score (nSPS) is 19.1. The number of hydrogen-bond donors (Lipinski definition) is 1. The quantitative estimate of drug-likeness (QED) is 0.773. The molecule has 0 radical (unpaired) electrons. The van der Waals surface area contributed by atoms with Gasteiger partial charge in [-0.15, -0.1) is 0 Å². The topological polar surface area (TPSA) is 58.5 Å². The Balaban J connectivity index is 2.68. The van der Waals surface area contributed by atoms with Crippen molar-refractivity contribution in [1.82, 2.24) is 0 Å². The maximum atomic E-state index is 12.3. The minimum Gasteiger partial charge on any atom is -0.324 e. The van der Waals surface area contributed by atoms with E-state index in [1.54, 1.807) is 13.8 Å². The van der Waals surface area contributed by atoms with Crippen molar-refractivity contribution in [2.24, 2.45) is 15.8 Å². The predicted molar refractivity (Wildman–Crippen MR) is 87.6 cm³/mol. The summed E-state index contributed by atoms with van der Waals surface area (Å²) in [5.74, 6) is -0.395. The van der Waals surface area contributed by atoms with Crippen molar-refractivity contribution in [3.8, 4) is 0 Å². The molecule has 21 heavy (non-hydrogen) atoms. The average Bonchev–Trinajstić information content (AvgIpc) is 2.35. The Morgan fingerprint density at radius 2 is 1.90 bits per heavy atom. The molecule has 5 heteroatoms. The van der Waals surface area contributed by atoms with Crippen LogP contribution in [0.1, 0.15) is 40.2 Å². The van der Waals surface area contributed by atoms with Gasteiger partial charge in [-0.25, -0.2) is 4.99 Å². The van der Waals surface area contributed by atoms with Gasteiger partial charge in [0.2, 0.25) is 5.91 Å². The number of anilines is 1. The first-order chi connectivity index (χ1) is 9.55. The van der Waals surface area contributed by atoms with Crippen molar-refractivity contribution >= 4 is 39.1 Å². The number of benzene rings is 1. The van der Waals surface area contributed by atoms with E-state index in [0.29, 0.717) is 11.4 Å². The third kappa shape index (κ3) is 2.79. The predicted octanol–water partition coefficient (Wildman–Crippen LogP) is 3.79. The van der Waals surface area contributed by atoms with Gasteiger partial charge in [0.1, 0.15) is 0 Å². The summed E-state index contributed by atoms with van der Waals surface area (Å²) in [4.78, 5) is 28.9. The SMILES string of the molecule is CC(C)(C)C(=O)N=C1c2cccc(Br)c2NC(=O)C1(C)C. The summed E-state index contributed by atoms with van der Waals surface area (Å²) in [6.07, 6.45) is 0. The summed E-state index contributed by atoms with van der Waals surface area (Å²) in [6.45, 7) is 9.01. The van der Waals surface area contributed by atoms with Gasteiger partial charge in [-0.2, -0.15) is 0 Å². The molecule has 0 aromatic heterocycles. The zero-order valence-corrected chi connectivity index (χ0v) is 14.5. The molecule has 2 amide bonds. The summed E-state index contributed by atoms with van der Waals surface area (Å²) in [5, 5.41) is 2.88. The molecule has 0 spiro atoms. The van der Waals surface area contributed by atoms with Gasteiger partial charge in [-0.3, -0.25) is 9.59 Å². The lowest BCUT2D eigenvalue weighted by molar-refractivity contribution is -0.124. The van der Waals surface area contributed by atoms with Crippen molar-refractivity contribution in [1.29, 1.82) is 0 Å². The molecule has 1 aliphatic rings. The van der Waals surface area contributed by atoms with Gasteiger partial charge in [0.25, 0.3) is 5.91 Å². The molecule has 1 aromatic carbocycles.